The Morgan fingerprint density at radius 3 is 2.60 bits per heavy atom. The van der Waals surface area contributed by atoms with Gasteiger partial charge in [0.1, 0.15) is 12.2 Å². The van der Waals surface area contributed by atoms with Gasteiger partial charge in [0.05, 0.1) is 12.3 Å². The maximum Gasteiger partial charge on any atom is 0.275 e. The van der Waals surface area contributed by atoms with Gasteiger partial charge in [0.15, 0.2) is 5.13 Å². The lowest BCUT2D eigenvalue weighted by atomic mass is 10.2. The van der Waals surface area contributed by atoms with Crippen molar-refractivity contribution >= 4 is 38.1 Å². The first-order valence-electron chi connectivity index (χ1n) is 8.95. The lowest BCUT2D eigenvalue weighted by Gasteiger charge is -2.13. The van der Waals surface area contributed by atoms with Crippen LogP contribution in [0.3, 0.4) is 0 Å². The summed E-state index contributed by atoms with van der Waals surface area (Å²) < 4.78 is 28.4. The van der Waals surface area contributed by atoms with Crippen LogP contribution in [0.1, 0.15) is 16.1 Å². The van der Waals surface area contributed by atoms with E-state index in [1.807, 2.05) is 0 Å². The van der Waals surface area contributed by atoms with E-state index in [1.165, 1.54) is 22.0 Å². The molecule has 1 amide bonds. The van der Waals surface area contributed by atoms with Crippen LogP contribution in [0.5, 0.6) is 0 Å². The number of thiazole rings is 1. The normalized spacial score (nSPS) is 11.2. The SMILES string of the molecule is Cc1ccc(NS(=O)(=O)Cc2ccccc2)c(=O)n1CC(=O)NCc1cnc(N)s1. The van der Waals surface area contributed by atoms with Crippen LogP contribution in [0.15, 0.2) is 53.5 Å². The highest BCUT2D eigenvalue weighted by Crippen LogP contribution is 2.14. The van der Waals surface area contributed by atoms with Gasteiger partial charge in [0, 0.05) is 16.8 Å². The molecule has 11 heteroatoms. The van der Waals surface area contributed by atoms with E-state index in [1.54, 1.807) is 49.5 Å². The molecule has 3 rings (SSSR count). The quantitative estimate of drug-likeness (QED) is 0.478. The number of aromatic nitrogens is 2. The van der Waals surface area contributed by atoms with Crippen molar-refractivity contribution in [1.29, 1.82) is 0 Å². The van der Waals surface area contributed by atoms with Crippen molar-refractivity contribution in [2.24, 2.45) is 0 Å². The number of amides is 1. The molecule has 0 atom stereocenters. The first kappa shape index (κ1) is 21.5. The van der Waals surface area contributed by atoms with Gasteiger partial charge in [-0.1, -0.05) is 30.3 Å². The second-order valence-corrected chi connectivity index (χ2v) is 9.44. The molecule has 0 unspecified atom stereocenters. The third-order valence-corrected chi connectivity index (χ3v) is 6.26. The molecule has 0 fully saturated rings. The van der Waals surface area contributed by atoms with Crippen molar-refractivity contribution in [3.8, 4) is 0 Å². The van der Waals surface area contributed by atoms with Gasteiger partial charge in [-0.3, -0.25) is 14.3 Å². The van der Waals surface area contributed by atoms with Crippen LogP contribution in [0.25, 0.3) is 0 Å². The number of hydrogen-bond donors (Lipinski definition) is 3. The Bertz CT molecular complexity index is 1200. The lowest BCUT2D eigenvalue weighted by molar-refractivity contribution is -0.121. The molecule has 0 aliphatic carbocycles. The molecule has 4 N–H and O–H groups in total. The first-order chi connectivity index (χ1) is 14.2. The van der Waals surface area contributed by atoms with Crippen molar-refractivity contribution in [2.45, 2.75) is 25.8 Å². The van der Waals surface area contributed by atoms with Crippen molar-refractivity contribution in [3.05, 3.63) is 75.1 Å². The Balaban J connectivity index is 1.71. The second-order valence-electron chi connectivity index (χ2n) is 6.57. The number of hydrogen-bond acceptors (Lipinski definition) is 7. The molecule has 0 spiro atoms. The largest absolute Gasteiger partial charge is 0.375 e. The number of nitrogen functional groups attached to an aromatic ring is 1. The highest BCUT2D eigenvalue weighted by Gasteiger charge is 2.16. The molecule has 9 nitrogen and oxygen atoms in total. The predicted molar refractivity (Wildman–Crippen MR) is 117 cm³/mol. The summed E-state index contributed by atoms with van der Waals surface area (Å²) in [6.45, 7) is 1.67. The van der Waals surface area contributed by atoms with Crippen molar-refractivity contribution in [2.75, 3.05) is 10.5 Å². The minimum Gasteiger partial charge on any atom is -0.375 e. The molecular weight excluding hydrogens is 426 g/mol. The van der Waals surface area contributed by atoms with E-state index in [0.29, 0.717) is 16.4 Å². The van der Waals surface area contributed by atoms with E-state index in [0.717, 1.165) is 4.88 Å². The molecule has 1 aromatic carbocycles. The molecule has 158 valence electrons. The van der Waals surface area contributed by atoms with Crippen LogP contribution in [-0.2, 0) is 33.7 Å². The van der Waals surface area contributed by atoms with Crippen LogP contribution in [-0.4, -0.2) is 23.9 Å². The fourth-order valence-electron chi connectivity index (χ4n) is 2.73. The molecule has 0 bridgehead atoms. The van der Waals surface area contributed by atoms with Crippen molar-refractivity contribution in [3.63, 3.8) is 0 Å². The topological polar surface area (TPSA) is 136 Å². The van der Waals surface area contributed by atoms with E-state index >= 15 is 0 Å². The molecular formula is C19H21N5O4S2. The number of nitrogens with one attached hydrogen (secondary N) is 2. The monoisotopic (exact) mass is 447 g/mol. The van der Waals surface area contributed by atoms with E-state index in [4.69, 9.17) is 5.73 Å². The van der Waals surface area contributed by atoms with E-state index in [9.17, 15) is 18.0 Å². The predicted octanol–water partition coefficient (Wildman–Crippen LogP) is 1.45. The van der Waals surface area contributed by atoms with Gasteiger partial charge in [0.25, 0.3) is 5.56 Å². The Morgan fingerprint density at radius 2 is 1.93 bits per heavy atom. The molecule has 0 saturated heterocycles. The zero-order chi connectivity index (χ0) is 21.7. The number of pyridine rings is 1. The second kappa shape index (κ2) is 9.09. The molecule has 0 aliphatic rings. The minimum atomic E-state index is -3.79. The molecule has 0 radical (unpaired) electrons. The molecule has 3 aromatic rings. The summed E-state index contributed by atoms with van der Waals surface area (Å²) in [6.07, 6.45) is 1.57. The van der Waals surface area contributed by atoms with E-state index < -0.39 is 21.5 Å². The fraction of sp³-hybridized carbons (Fsp3) is 0.211. The Morgan fingerprint density at radius 1 is 1.20 bits per heavy atom. The van der Waals surface area contributed by atoms with Crippen LogP contribution in [0.2, 0.25) is 0 Å². The number of rotatable bonds is 8. The van der Waals surface area contributed by atoms with Gasteiger partial charge in [-0.25, -0.2) is 13.4 Å². The van der Waals surface area contributed by atoms with Gasteiger partial charge >= 0.3 is 0 Å². The number of sulfonamides is 1. The van der Waals surface area contributed by atoms with Crippen molar-refractivity contribution in [1.82, 2.24) is 14.9 Å². The maximum absolute atomic E-state index is 12.8. The number of nitrogens with zero attached hydrogens (tertiary/aromatic N) is 2. The van der Waals surface area contributed by atoms with Gasteiger partial charge < -0.3 is 15.6 Å². The van der Waals surface area contributed by atoms with Crippen molar-refractivity contribution < 1.29 is 13.2 Å². The number of anilines is 2. The number of carbonyl (C=O) groups is 1. The molecule has 2 heterocycles. The van der Waals surface area contributed by atoms with Gasteiger partial charge in [-0.05, 0) is 24.6 Å². The Hall–Kier alpha value is -3.18. The fourth-order valence-corrected chi connectivity index (χ4v) is 4.55. The van der Waals surface area contributed by atoms with Crippen LogP contribution in [0.4, 0.5) is 10.8 Å². The van der Waals surface area contributed by atoms with Gasteiger partial charge in [-0.15, -0.1) is 11.3 Å². The van der Waals surface area contributed by atoms with Crippen LogP contribution < -0.4 is 21.3 Å². The Kier molecular flexibility index (Phi) is 6.53. The lowest BCUT2D eigenvalue weighted by Crippen LogP contribution is -2.34. The smallest absolute Gasteiger partial charge is 0.275 e. The zero-order valence-corrected chi connectivity index (χ0v) is 17.8. The van der Waals surface area contributed by atoms with Crippen LogP contribution >= 0.6 is 11.3 Å². The van der Waals surface area contributed by atoms with Gasteiger partial charge in [0.2, 0.25) is 15.9 Å². The number of carbonyl (C=O) groups excluding carboxylic acids is 1. The molecule has 0 aliphatic heterocycles. The molecule has 0 saturated carbocycles. The third kappa shape index (κ3) is 5.67. The summed E-state index contributed by atoms with van der Waals surface area (Å²) in [7, 11) is -3.79. The molecule has 2 aromatic heterocycles. The zero-order valence-electron chi connectivity index (χ0n) is 16.2. The highest BCUT2D eigenvalue weighted by molar-refractivity contribution is 7.91. The van der Waals surface area contributed by atoms with Gasteiger partial charge in [-0.2, -0.15) is 0 Å². The number of nitrogens with two attached hydrogens (primary N) is 1. The van der Waals surface area contributed by atoms with E-state index in [2.05, 4.69) is 15.0 Å². The molecule has 30 heavy (non-hydrogen) atoms. The summed E-state index contributed by atoms with van der Waals surface area (Å²) in [5.41, 5.74) is 5.98. The summed E-state index contributed by atoms with van der Waals surface area (Å²) in [5.74, 6) is -0.656. The Labute approximate surface area is 177 Å². The van der Waals surface area contributed by atoms with E-state index in [-0.39, 0.29) is 24.5 Å². The standard InChI is InChI=1S/C19H21N5O4S2/c1-13-7-8-16(23-30(27,28)12-14-5-3-2-4-6-14)18(26)24(13)11-17(25)21-9-15-10-22-19(20)29-15/h2-8,10,23H,9,11-12H2,1H3,(H2,20,22)(H,21,25). The highest BCUT2D eigenvalue weighted by atomic mass is 32.2. The minimum absolute atomic E-state index is 0.112. The summed E-state index contributed by atoms with van der Waals surface area (Å²) in [4.78, 5) is 29.7. The summed E-state index contributed by atoms with van der Waals surface area (Å²) in [5, 5.41) is 3.10. The van der Waals surface area contributed by atoms with Crippen LogP contribution in [0, 0.1) is 6.92 Å². The number of aryl methyl sites for hydroxylation is 1. The first-order valence-corrected chi connectivity index (χ1v) is 11.4. The maximum atomic E-state index is 12.8. The summed E-state index contributed by atoms with van der Waals surface area (Å²) >= 11 is 1.26. The average molecular weight is 448 g/mol. The number of benzene rings is 1. The third-order valence-electron chi connectivity index (χ3n) is 4.19. The summed E-state index contributed by atoms with van der Waals surface area (Å²) in [6, 6.07) is 11.6. The average Bonchev–Trinajstić information content (AvgIpc) is 3.11.